The molecular weight excluding hydrogens is 146 g/mol. The average Bonchev–Trinajstić information content (AvgIpc) is 2.03. The standard InChI is InChI=1S/C11H18N/c1-5-12-8-6-10(7-9-12)11(2,3)4/h6-9H,5H2,1-4H3/q+1. The van der Waals surface area contributed by atoms with Crippen LogP contribution in [0.25, 0.3) is 0 Å². The molecule has 0 N–H and O–H groups in total. The molecule has 0 radical (unpaired) electrons. The maximum atomic E-state index is 2.23. The Bertz CT molecular complexity index is 241. The minimum atomic E-state index is 0.271. The van der Waals surface area contributed by atoms with Gasteiger partial charge in [-0.3, -0.25) is 0 Å². The third-order valence-electron chi connectivity index (χ3n) is 2.12. The molecular formula is C11H18N+. The summed E-state index contributed by atoms with van der Waals surface area (Å²) in [5.41, 5.74) is 1.67. The van der Waals surface area contributed by atoms with Gasteiger partial charge in [0.25, 0.3) is 0 Å². The highest BCUT2D eigenvalue weighted by Crippen LogP contribution is 2.19. The molecule has 0 unspecified atom stereocenters. The van der Waals surface area contributed by atoms with Crippen LogP contribution in [-0.2, 0) is 12.0 Å². The van der Waals surface area contributed by atoms with Crippen LogP contribution in [0.3, 0.4) is 0 Å². The van der Waals surface area contributed by atoms with Crippen LogP contribution in [0, 0.1) is 0 Å². The topological polar surface area (TPSA) is 3.88 Å². The summed E-state index contributed by atoms with van der Waals surface area (Å²) in [6, 6.07) is 4.40. The van der Waals surface area contributed by atoms with E-state index in [1.165, 1.54) is 5.56 Å². The molecule has 1 aromatic heterocycles. The fourth-order valence-corrected chi connectivity index (χ4v) is 1.17. The van der Waals surface area contributed by atoms with E-state index in [9.17, 15) is 0 Å². The zero-order valence-corrected chi connectivity index (χ0v) is 8.46. The normalized spacial score (nSPS) is 11.7. The van der Waals surface area contributed by atoms with Gasteiger partial charge in [0.05, 0.1) is 0 Å². The molecule has 0 amide bonds. The monoisotopic (exact) mass is 164 g/mol. The quantitative estimate of drug-likeness (QED) is 0.561. The predicted molar refractivity (Wildman–Crippen MR) is 51.0 cm³/mol. The Morgan fingerprint density at radius 2 is 1.67 bits per heavy atom. The number of nitrogens with zero attached hydrogens (tertiary/aromatic N) is 1. The zero-order chi connectivity index (χ0) is 9.19. The Balaban J connectivity index is 2.93. The summed E-state index contributed by atoms with van der Waals surface area (Å²) in [7, 11) is 0. The van der Waals surface area contributed by atoms with Crippen molar-refractivity contribution in [2.45, 2.75) is 39.7 Å². The van der Waals surface area contributed by atoms with Crippen molar-refractivity contribution >= 4 is 0 Å². The second kappa shape index (κ2) is 3.26. The van der Waals surface area contributed by atoms with Gasteiger partial charge in [-0.25, -0.2) is 4.57 Å². The first-order chi connectivity index (χ1) is 5.54. The molecule has 0 aliphatic rings. The molecule has 0 fully saturated rings. The molecule has 1 nitrogen and oxygen atoms in total. The molecule has 0 atom stereocenters. The minimum Gasteiger partial charge on any atom is -0.205 e. The van der Waals surface area contributed by atoms with Gasteiger partial charge in [0, 0.05) is 12.1 Å². The van der Waals surface area contributed by atoms with Gasteiger partial charge >= 0.3 is 0 Å². The Labute approximate surface area is 75.1 Å². The van der Waals surface area contributed by atoms with E-state index in [-0.39, 0.29) is 5.41 Å². The zero-order valence-electron chi connectivity index (χ0n) is 8.46. The van der Waals surface area contributed by atoms with Crippen molar-refractivity contribution in [1.82, 2.24) is 0 Å². The van der Waals surface area contributed by atoms with Crippen LogP contribution in [0.2, 0.25) is 0 Å². The van der Waals surface area contributed by atoms with Crippen LogP contribution >= 0.6 is 0 Å². The van der Waals surface area contributed by atoms with Gasteiger partial charge in [-0.2, -0.15) is 0 Å². The number of pyridine rings is 1. The molecule has 0 aromatic carbocycles. The lowest BCUT2D eigenvalue weighted by molar-refractivity contribution is -0.693. The van der Waals surface area contributed by atoms with Crippen LogP contribution in [0.4, 0.5) is 0 Å². The van der Waals surface area contributed by atoms with E-state index in [1.807, 2.05) is 0 Å². The van der Waals surface area contributed by atoms with Gasteiger partial charge in [0.15, 0.2) is 12.4 Å². The summed E-state index contributed by atoms with van der Waals surface area (Å²) in [6.07, 6.45) is 4.28. The smallest absolute Gasteiger partial charge is 0.169 e. The van der Waals surface area contributed by atoms with Gasteiger partial charge in [0.1, 0.15) is 6.54 Å². The number of hydrogen-bond acceptors (Lipinski definition) is 0. The molecule has 0 aliphatic heterocycles. The van der Waals surface area contributed by atoms with Gasteiger partial charge < -0.3 is 0 Å². The van der Waals surface area contributed by atoms with Crippen LogP contribution in [0.5, 0.6) is 0 Å². The van der Waals surface area contributed by atoms with Crippen molar-refractivity contribution in [3.8, 4) is 0 Å². The van der Waals surface area contributed by atoms with Crippen molar-refractivity contribution in [3.05, 3.63) is 30.1 Å². The molecule has 66 valence electrons. The molecule has 0 bridgehead atoms. The van der Waals surface area contributed by atoms with Crippen molar-refractivity contribution < 1.29 is 4.57 Å². The maximum absolute atomic E-state index is 2.23. The lowest BCUT2D eigenvalue weighted by atomic mass is 9.88. The van der Waals surface area contributed by atoms with Crippen LogP contribution in [-0.4, -0.2) is 0 Å². The molecule has 0 saturated heterocycles. The Morgan fingerprint density at radius 1 is 1.17 bits per heavy atom. The predicted octanol–water partition coefficient (Wildman–Crippen LogP) is 2.29. The van der Waals surface area contributed by atoms with E-state index in [1.54, 1.807) is 0 Å². The van der Waals surface area contributed by atoms with Gasteiger partial charge in [-0.05, 0) is 17.9 Å². The Kier molecular flexibility index (Phi) is 2.51. The SMILES string of the molecule is CC[n+]1ccc(C(C)(C)C)cc1. The lowest BCUT2D eigenvalue weighted by Crippen LogP contribution is -2.31. The number of aryl methyl sites for hydroxylation is 1. The molecule has 12 heavy (non-hydrogen) atoms. The minimum absolute atomic E-state index is 0.271. The molecule has 0 aliphatic carbocycles. The largest absolute Gasteiger partial charge is 0.205 e. The number of rotatable bonds is 1. The number of hydrogen-bond donors (Lipinski definition) is 0. The second-order valence-electron chi connectivity index (χ2n) is 4.17. The second-order valence-corrected chi connectivity index (χ2v) is 4.17. The first kappa shape index (κ1) is 9.24. The molecule has 1 heteroatoms. The number of aromatic nitrogens is 1. The third-order valence-corrected chi connectivity index (χ3v) is 2.12. The van der Waals surface area contributed by atoms with Crippen molar-refractivity contribution in [3.63, 3.8) is 0 Å². The van der Waals surface area contributed by atoms with E-state index in [0.717, 1.165) is 6.54 Å². The highest BCUT2D eigenvalue weighted by Gasteiger charge is 2.14. The summed E-state index contributed by atoms with van der Waals surface area (Å²) < 4.78 is 2.18. The summed E-state index contributed by atoms with van der Waals surface area (Å²) >= 11 is 0. The maximum Gasteiger partial charge on any atom is 0.169 e. The van der Waals surface area contributed by atoms with E-state index >= 15 is 0 Å². The molecule has 1 heterocycles. The van der Waals surface area contributed by atoms with Crippen molar-refractivity contribution in [2.75, 3.05) is 0 Å². The van der Waals surface area contributed by atoms with Crippen LogP contribution in [0.15, 0.2) is 24.5 Å². The summed E-state index contributed by atoms with van der Waals surface area (Å²) in [5.74, 6) is 0. The van der Waals surface area contributed by atoms with E-state index in [4.69, 9.17) is 0 Å². The van der Waals surface area contributed by atoms with Crippen molar-refractivity contribution in [2.24, 2.45) is 0 Å². The first-order valence-corrected chi connectivity index (χ1v) is 4.53. The van der Waals surface area contributed by atoms with Gasteiger partial charge in [0.2, 0.25) is 0 Å². The highest BCUT2D eigenvalue weighted by molar-refractivity contribution is 5.17. The summed E-state index contributed by atoms with van der Waals surface area (Å²) in [4.78, 5) is 0. The first-order valence-electron chi connectivity index (χ1n) is 4.53. The fraction of sp³-hybridized carbons (Fsp3) is 0.545. The van der Waals surface area contributed by atoms with E-state index in [0.29, 0.717) is 0 Å². The third kappa shape index (κ3) is 2.07. The summed E-state index contributed by atoms with van der Waals surface area (Å²) in [5, 5.41) is 0. The van der Waals surface area contributed by atoms with Crippen LogP contribution in [0.1, 0.15) is 33.3 Å². The average molecular weight is 164 g/mol. The van der Waals surface area contributed by atoms with E-state index in [2.05, 4.69) is 56.8 Å². The molecule has 1 aromatic rings. The Morgan fingerprint density at radius 3 is 2.00 bits per heavy atom. The lowest BCUT2D eigenvalue weighted by Gasteiger charge is -2.17. The van der Waals surface area contributed by atoms with Crippen molar-refractivity contribution in [1.29, 1.82) is 0 Å². The molecule has 0 saturated carbocycles. The molecule has 1 rings (SSSR count). The Hall–Kier alpha value is -0.850. The van der Waals surface area contributed by atoms with Crippen LogP contribution < -0.4 is 4.57 Å². The van der Waals surface area contributed by atoms with E-state index < -0.39 is 0 Å². The molecule has 0 spiro atoms. The van der Waals surface area contributed by atoms with Gasteiger partial charge in [-0.1, -0.05) is 20.8 Å². The highest BCUT2D eigenvalue weighted by atomic mass is 14.9. The summed E-state index contributed by atoms with van der Waals surface area (Å²) in [6.45, 7) is 9.90. The van der Waals surface area contributed by atoms with Gasteiger partial charge in [-0.15, -0.1) is 0 Å². The fourth-order valence-electron chi connectivity index (χ4n) is 1.17.